The van der Waals surface area contributed by atoms with Gasteiger partial charge in [-0.25, -0.2) is 4.98 Å². The van der Waals surface area contributed by atoms with Crippen molar-refractivity contribution in [2.75, 3.05) is 37.6 Å². The topological polar surface area (TPSA) is 36.3 Å². The van der Waals surface area contributed by atoms with E-state index in [4.69, 9.17) is 4.98 Å². The van der Waals surface area contributed by atoms with Gasteiger partial charge in [-0.15, -0.1) is 0 Å². The van der Waals surface area contributed by atoms with Gasteiger partial charge in [-0.05, 0) is 56.2 Å². The molecule has 2 aliphatic carbocycles. The number of fused-ring (bicyclic) bond motifs is 1. The van der Waals surface area contributed by atoms with Crippen molar-refractivity contribution >= 4 is 17.0 Å². The van der Waals surface area contributed by atoms with Gasteiger partial charge in [0.2, 0.25) is 5.95 Å². The molecule has 39 heavy (non-hydrogen) atoms. The third kappa shape index (κ3) is 4.80. The molecule has 2 saturated heterocycles. The van der Waals surface area contributed by atoms with Gasteiger partial charge in [0.25, 0.3) is 0 Å². The van der Waals surface area contributed by atoms with Gasteiger partial charge in [0, 0.05) is 49.8 Å². The van der Waals surface area contributed by atoms with Crippen LogP contribution in [-0.4, -0.2) is 52.7 Å². The molecule has 4 aliphatic rings. The Morgan fingerprint density at radius 3 is 2.15 bits per heavy atom. The predicted octanol–water partition coefficient (Wildman–Crippen LogP) is 7.04. The van der Waals surface area contributed by atoms with E-state index in [9.17, 15) is 0 Å². The van der Waals surface area contributed by atoms with Crippen LogP contribution in [-0.2, 0) is 5.54 Å². The average Bonchev–Trinajstić information content (AvgIpc) is 3.20. The summed E-state index contributed by atoms with van der Waals surface area (Å²) in [6.45, 7) is 5.59. The van der Waals surface area contributed by atoms with Crippen LogP contribution in [0.1, 0.15) is 95.1 Å². The molecule has 7 rings (SSSR count). The third-order valence-electron chi connectivity index (χ3n) is 10.7. The van der Waals surface area contributed by atoms with Gasteiger partial charge in [-0.3, -0.25) is 4.90 Å². The van der Waals surface area contributed by atoms with E-state index < -0.39 is 0 Å². The highest BCUT2D eigenvalue weighted by Gasteiger charge is 2.42. The van der Waals surface area contributed by atoms with E-state index in [0.29, 0.717) is 6.04 Å². The first-order chi connectivity index (χ1) is 19.3. The summed E-state index contributed by atoms with van der Waals surface area (Å²) in [6, 6.07) is 20.9. The number of hydrogen-bond acceptors (Lipinski definition) is 4. The first-order valence-corrected chi connectivity index (χ1v) is 16.0. The average molecular weight is 526 g/mol. The molecule has 4 fully saturated rings. The second-order valence-electron chi connectivity index (χ2n) is 13.0. The minimum absolute atomic E-state index is 0.217. The third-order valence-corrected chi connectivity index (χ3v) is 10.7. The number of rotatable bonds is 4. The molecule has 0 atom stereocenters. The van der Waals surface area contributed by atoms with Crippen molar-refractivity contribution in [1.82, 2.24) is 19.8 Å². The van der Waals surface area contributed by atoms with Crippen LogP contribution >= 0.6 is 0 Å². The zero-order valence-electron chi connectivity index (χ0n) is 23.8. The highest BCUT2D eigenvalue weighted by molar-refractivity contribution is 5.79. The zero-order valence-corrected chi connectivity index (χ0v) is 23.8. The van der Waals surface area contributed by atoms with Crippen LogP contribution in [0, 0.1) is 0 Å². The van der Waals surface area contributed by atoms with Crippen LogP contribution in [0.4, 0.5) is 5.95 Å². The summed E-state index contributed by atoms with van der Waals surface area (Å²) in [4.78, 5) is 10.9. The second-order valence-corrected chi connectivity index (χ2v) is 13.0. The molecule has 208 valence electrons. The van der Waals surface area contributed by atoms with Crippen LogP contribution in [0.2, 0.25) is 0 Å². The molecular weight excluding hydrogens is 478 g/mol. The Labute approximate surface area is 235 Å². The number of piperidine rings is 1. The lowest BCUT2D eigenvalue weighted by Crippen LogP contribution is -2.61. The largest absolute Gasteiger partial charge is 0.339 e. The van der Waals surface area contributed by atoms with Crippen LogP contribution in [0.25, 0.3) is 11.0 Å². The van der Waals surface area contributed by atoms with E-state index in [1.165, 1.54) is 108 Å². The van der Waals surface area contributed by atoms with Gasteiger partial charge in [0.1, 0.15) is 0 Å². The Kier molecular flexibility index (Phi) is 7.15. The van der Waals surface area contributed by atoms with E-state index >= 15 is 0 Å². The fourth-order valence-corrected chi connectivity index (χ4v) is 8.71. The number of para-hydroxylation sites is 2. The van der Waals surface area contributed by atoms with Crippen molar-refractivity contribution in [3.63, 3.8) is 0 Å². The normalized spacial score (nSPS) is 24.7. The Morgan fingerprint density at radius 1 is 0.718 bits per heavy atom. The molecule has 0 amide bonds. The molecule has 0 bridgehead atoms. The molecule has 5 nitrogen and oxygen atoms in total. The van der Waals surface area contributed by atoms with Crippen molar-refractivity contribution in [1.29, 1.82) is 0 Å². The van der Waals surface area contributed by atoms with E-state index in [1.807, 2.05) is 0 Å². The number of nitrogens with zero attached hydrogens (tertiary/aromatic N) is 4. The lowest BCUT2D eigenvalue weighted by molar-refractivity contribution is 0.0360. The first-order valence-electron chi connectivity index (χ1n) is 16.0. The SMILES string of the molecule is c1ccc(C2(N3CCC(n4c(N5CCNC6(CCCCC6)C5)nc5ccccc54)CC3)CCCCCC2)cc1. The molecule has 1 aromatic heterocycles. The van der Waals surface area contributed by atoms with Crippen molar-refractivity contribution in [2.24, 2.45) is 0 Å². The van der Waals surface area contributed by atoms with Crippen LogP contribution in [0.15, 0.2) is 54.6 Å². The quantitative estimate of drug-likeness (QED) is 0.371. The van der Waals surface area contributed by atoms with Crippen molar-refractivity contribution in [3.8, 4) is 0 Å². The van der Waals surface area contributed by atoms with Gasteiger partial charge in [-0.1, -0.05) is 87.4 Å². The second kappa shape index (κ2) is 10.9. The van der Waals surface area contributed by atoms with Gasteiger partial charge in [0.15, 0.2) is 0 Å². The number of nitrogens with one attached hydrogen (secondary N) is 1. The molecule has 5 heteroatoms. The molecule has 1 N–H and O–H groups in total. The molecule has 1 spiro atoms. The van der Waals surface area contributed by atoms with Crippen molar-refractivity contribution < 1.29 is 0 Å². The summed E-state index contributed by atoms with van der Waals surface area (Å²) in [6.07, 6.45) is 17.3. The minimum Gasteiger partial charge on any atom is -0.339 e. The number of likely N-dealkylation sites (tertiary alicyclic amines) is 1. The van der Waals surface area contributed by atoms with Crippen LogP contribution in [0.3, 0.4) is 0 Å². The number of piperazine rings is 1. The molecule has 0 unspecified atom stereocenters. The minimum atomic E-state index is 0.217. The van der Waals surface area contributed by atoms with Crippen molar-refractivity contribution in [3.05, 3.63) is 60.2 Å². The Bertz CT molecular complexity index is 1220. The monoisotopic (exact) mass is 525 g/mol. The fraction of sp³-hybridized carbons (Fsp3) is 0.618. The molecule has 3 aromatic rings. The van der Waals surface area contributed by atoms with E-state index in [-0.39, 0.29) is 11.1 Å². The summed E-state index contributed by atoms with van der Waals surface area (Å²) in [5.74, 6) is 1.23. The molecular formula is C34H47N5. The predicted molar refractivity (Wildman–Crippen MR) is 161 cm³/mol. The van der Waals surface area contributed by atoms with Gasteiger partial charge in [-0.2, -0.15) is 0 Å². The lowest BCUT2D eigenvalue weighted by atomic mass is 9.79. The van der Waals surface area contributed by atoms with Gasteiger partial charge < -0.3 is 14.8 Å². The first kappa shape index (κ1) is 25.6. The summed E-state index contributed by atoms with van der Waals surface area (Å²) in [5, 5.41) is 3.95. The summed E-state index contributed by atoms with van der Waals surface area (Å²) >= 11 is 0. The Morgan fingerprint density at radius 2 is 1.38 bits per heavy atom. The summed E-state index contributed by atoms with van der Waals surface area (Å²) < 4.78 is 2.66. The number of aromatic nitrogens is 2. The number of benzene rings is 2. The molecule has 2 aromatic carbocycles. The molecule has 2 aliphatic heterocycles. The summed E-state index contributed by atoms with van der Waals surface area (Å²) in [5.41, 5.74) is 4.54. The maximum atomic E-state index is 5.32. The molecule has 0 radical (unpaired) electrons. The number of anilines is 1. The number of imidazole rings is 1. The molecule has 3 heterocycles. The smallest absolute Gasteiger partial charge is 0.206 e. The standard InChI is InChI=1S/C34H47N5/c1-2-12-22-34(21-11-1,28-13-5-3-6-14-28)38-24-17-29(18-25-38)39-31-16-8-7-15-30(31)36-32(39)37-26-23-35-33(27-37)19-9-4-10-20-33/h3,5-8,13-16,29,35H,1-2,4,9-12,17-27H2. The van der Waals surface area contributed by atoms with Crippen LogP contribution in [0.5, 0.6) is 0 Å². The Balaban J connectivity index is 1.17. The van der Waals surface area contributed by atoms with E-state index in [0.717, 1.165) is 25.2 Å². The zero-order chi connectivity index (χ0) is 26.1. The van der Waals surface area contributed by atoms with E-state index in [2.05, 4.69) is 74.3 Å². The Hall–Kier alpha value is -2.37. The maximum Gasteiger partial charge on any atom is 0.206 e. The van der Waals surface area contributed by atoms with Crippen molar-refractivity contribution in [2.45, 2.75) is 101 Å². The maximum absolute atomic E-state index is 5.32. The van der Waals surface area contributed by atoms with Gasteiger partial charge in [0.05, 0.1) is 11.0 Å². The number of hydrogen-bond donors (Lipinski definition) is 1. The van der Waals surface area contributed by atoms with Crippen LogP contribution < -0.4 is 10.2 Å². The highest BCUT2D eigenvalue weighted by Crippen LogP contribution is 2.44. The molecule has 2 saturated carbocycles. The lowest BCUT2D eigenvalue weighted by Gasteiger charge is -2.49. The van der Waals surface area contributed by atoms with E-state index in [1.54, 1.807) is 5.56 Å². The fourth-order valence-electron chi connectivity index (χ4n) is 8.71. The highest BCUT2D eigenvalue weighted by atomic mass is 15.4. The summed E-state index contributed by atoms with van der Waals surface area (Å²) in [7, 11) is 0. The van der Waals surface area contributed by atoms with Gasteiger partial charge >= 0.3 is 0 Å².